The van der Waals surface area contributed by atoms with E-state index in [1.165, 1.54) is 0 Å². The minimum atomic E-state index is -0.821. The molecule has 1 fully saturated rings. The third-order valence-electron chi connectivity index (χ3n) is 6.23. The fourth-order valence-corrected chi connectivity index (χ4v) is 5.10. The standard InChI is InChI=1S/C26H32Cl2N4O3/c1-25(2,3)11-16(10-20(33)19-9-14-6-7-18(27)21(28)22(14)31-19)23(34)30-17(13-29)8-15-12-26(4,5)32-24(15)35/h6-7,9,15-17,31H,8,10-12H2,1-5H3,(H,30,34)(H,32,35)/t15-,16+,17+/m1/s1. The summed E-state index contributed by atoms with van der Waals surface area (Å²) in [6.45, 7) is 9.85. The highest BCUT2D eigenvalue weighted by atomic mass is 35.5. The van der Waals surface area contributed by atoms with Gasteiger partial charge in [0.2, 0.25) is 11.8 Å². The van der Waals surface area contributed by atoms with Crippen molar-refractivity contribution in [3.05, 3.63) is 33.9 Å². The lowest BCUT2D eigenvalue weighted by atomic mass is 9.81. The van der Waals surface area contributed by atoms with E-state index in [0.717, 1.165) is 5.39 Å². The van der Waals surface area contributed by atoms with Crippen LogP contribution >= 0.6 is 23.2 Å². The van der Waals surface area contributed by atoms with Crippen LogP contribution in [-0.4, -0.2) is 34.2 Å². The first-order valence-corrected chi connectivity index (χ1v) is 12.5. The molecule has 35 heavy (non-hydrogen) atoms. The van der Waals surface area contributed by atoms with Crippen LogP contribution in [0.15, 0.2) is 18.2 Å². The average molecular weight is 519 g/mol. The zero-order valence-electron chi connectivity index (χ0n) is 20.7. The Bertz CT molecular complexity index is 1190. The molecular formula is C26H32Cl2N4O3. The second kappa shape index (κ2) is 10.2. The number of hydrogen-bond acceptors (Lipinski definition) is 4. The summed E-state index contributed by atoms with van der Waals surface area (Å²) < 4.78 is 0. The molecule has 0 saturated carbocycles. The molecule has 3 rings (SSSR count). The van der Waals surface area contributed by atoms with E-state index in [0.29, 0.717) is 34.1 Å². The normalized spacial score (nSPS) is 19.1. The molecule has 3 atom stereocenters. The van der Waals surface area contributed by atoms with E-state index < -0.39 is 12.0 Å². The number of hydrogen-bond donors (Lipinski definition) is 3. The molecule has 0 radical (unpaired) electrons. The molecule has 2 heterocycles. The van der Waals surface area contributed by atoms with Crippen molar-refractivity contribution in [1.29, 1.82) is 5.26 Å². The van der Waals surface area contributed by atoms with Crippen LogP contribution in [-0.2, 0) is 9.59 Å². The Kier molecular flexibility index (Phi) is 7.88. The van der Waals surface area contributed by atoms with E-state index in [2.05, 4.69) is 21.7 Å². The van der Waals surface area contributed by atoms with Crippen molar-refractivity contribution < 1.29 is 14.4 Å². The van der Waals surface area contributed by atoms with Gasteiger partial charge in [-0.3, -0.25) is 14.4 Å². The maximum absolute atomic E-state index is 13.2. The molecule has 1 aliphatic rings. The SMILES string of the molecule is CC(C)(C)C[C@H](CC(=O)c1cc2ccc(Cl)c(Cl)c2[nH]1)C(=O)N[C@H](C#N)C[C@@H]1CC(C)(C)NC1=O. The topological polar surface area (TPSA) is 115 Å². The number of aromatic nitrogens is 1. The molecule has 188 valence electrons. The molecule has 9 heteroatoms. The van der Waals surface area contributed by atoms with Gasteiger partial charge in [-0.1, -0.05) is 50.0 Å². The summed E-state index contributed by atoms with van der Waals surface area (Å²) in [6.07, 6.45) is 1.24. The maximum Gasteiger partial charge on any atom is 0.224 e. The fraction of sp³-hybridized carbons (Fsp3) is 0.538. The van der Waals surface area contributed by atoms with Gasteiger partial charge in [-0.25, -0.2) is 0 Å². The van der Waals surface area contributed by atoms with Gasteiger partial charge in [0.1, 0.15) is 6.04 Å². The summed E-state index contributed by atoms with van der Waals surface area (Å²) in [7, 11) is 0. The number of nitriles is 1. The van der Waals surface area contributed by atoms with Gasteiger partial charge in [-0.05, 0) is 50.7 Å². The Labute approximate surface area is 215 Å². The van der Waals surface area contributed by atoms with Gasteiger partial charge in [0.25, 0.3) is 0 Å². The average Bonchev–Trinajstić information content (AvgIpc) is 3.29. The maximum atomic E-state index is 13.2. The van der Waals surface area contributed by atoms with Crippen molar-refractivity contribution in [2.24, 2.45) is 17.3 Å². The van der Waals surface area contributed by atoms with Gasteiger partial charge >= 0.3 is 0 Å². The largest absolute Gasteiger partial charge is 0.351 e. The highest BCUT2D eigenvalue weighted by Crippen LogP contribution is 2.33. The summed E-state index contributed by atoms with van der Waals surface area (Å²) >= 11 is 12.3. The molecule has 0 bridgehead atoms. The van der Waals surface area contributed by atoms with Gasteiger partial charge < -0.3 is 15.6 Å². The number of aromatic amines is 1. The van der Waals surface area contributed by atoms with Crippen molar-refractivity contribution in [2.75, 3.05) is 0 Å². The molecule has 0 aliphatic carbocycles. The van der Waals surface area contributed by atoms with Crippen LogP contribution in [0.2, 0.25) is 10.0 Å². The molecule has 1 aromatic carbocycles. The molecule has 7 nitrogen and oxygen atoms in total. The molecule has 1 aliphatic heterocycles. The number of halogens is 2. The van der Waals surface area contributed by atoms with E-state index in [1.807, 2.05) is 34.6 Å². The summed E-state index contributed by atoms with van der Waals surface area (Å²) in [4.78, 5) is 41.7. The van der Waals surface area contributed by atoms with Gasteiger partial charge in [0.05, 0.1) is 27.3 Å². The van der Waals surface area contributed by atoms with Gasteiger partial charge in [-0.15, -0.1) is 0 Å². The molecule has 1 saturated heterocycles. The molecule has 0 unspecified atom stereocenters. The number of carbonyl (C=O) groups is 3. The van der Waals surface area contributed by atoms with Crippen LogP contribution < -0.4 is 10.6 Å². The van der Waals surface area contributed by atoms with E-state index in [4.69, 9.17) is 23.2 Å². The number of carbonyl (C=O) groups excluding carboxylic acids is 3. The van der Waals surface area contributed by atoms with Crippen molar-refractivity contribution in [2.45, 2.75) is 71.9 Å². The van der Waals surface area contributed by atoms with E-state index >= 15 is 0 Å². The lowest BCUT2D eigenvalue weighted by Gasteiger charge is -2.26. The number of amides is 2. The fourth-order valence-electron chi connectivity index (χ4n) is 4.72. The summed E-state index contributed by atoms with van der Waals surface area (Å²) in [5.41, 5.74) is 0.357. The first-order chi connectivity index (χ1) is 16.2. The van der Waals surface area contributed by atoms with E-state index in [1.54, 1.807) is 18.2 Å². The van der Waals surface area contributed by atoms with Crippen LogP contribution in [0.3, 0.4) is 0 Å². The second-order valence-corrected chi connectivity index (χ2v) is 12.1. The van der Waals surface area contributed by atoms with E-state index in [9.17, 15) is 19.6 Å². The minimum absolute atomic E-state index is 0.0314. The number of Topliss-reactive ketones (excluding diaryl/α,β-unsaturated/α-hetero) is 1. The molecule has 2 aromatic rings. The molecule has 1 aromatic heterocycles. The van der Waals surface area contributed by atoms with Crippen molar-refractivity contribution >= 4 is 51.7 Å². The number of nitrogens with zero attached hydrogens (tertiary/aromatic N) is 1. The van der Waals surface area contributed by atoms with Gasteiger partial charge in [0, 0.05) is 29.2 Å². The van der Waals surface area contributed by atoms with Crippen LogP contribution in [0.1, 0.15) is 70.8 Å². The predicted octanol–water partition coefficient (Wildman–Crippen LogP) is 5.41. The van der Waals surface area contributed by atoms with Gasteiger partial charge in [0.15, 0.2) is 5.78 Å². The number of fused-ring (bicyclic) bond motifs is 1. The zero-order valence-corrected chi connectivity index (χ0v) is 22.2. The Morgan fingerprint density at radius 1 is 1.29 bits per heavy atom. The molecular weight excluding hydrogens is 487 g/mol. The lowest BCUT2D eigenvalue weighted by Crippen LogP contribution is -2.41. The molecule has 2 amide bonds. The first-order valence-electron chi connectivity index (χ1n) is 11.7. The Hall–Kier alpha value is -2.56. The van der Waals surface area contributed by atoms with Gasteiger partial charge in [-0.2, -0.15) is 5.26 Å². The van der Waals surface area contributed by atoms with E-state index in [-0.39, 0.29) is 47.3 Å². The molecule has 3 N–H and O–H groups in total. The number of nitrogens with one attached hydrogen (secondary N) is 3. The Balaban J connectivity index is 1.75. The Morgan fingerprint density at radius 2 is 1.97 bits per heavy atom. The second-order valence-electron chi connectivity index (χ2n) is 11.3. The van der Waals surface area contributed by atoms with Crippen molar-refractivity contribution in [1.82, 2.24) is 15.6 Å². The predicted molar refractivity (Wildman–Crippen MR) is 137 cm³/mol. The van der Waals surface area contributed by atoms with Crippen LogP contribution in [0.5, 0.6) is 0 Å². The summed E-state index contributed by atoms with van der Waals surface area (Å²) in [6, 6.07) is 6.42. The quantitative estimate of drug-likeness (QED) is 0.405. The number of benzene rings is 1. The zero-order chi connectivity index (χ0) is 26.1. The number of rotatable bonds is 8. The highest BCUT2D eigenvalue weighted by Gasteiger charge is 2.39. The van der Waals surface area contributed by atoms with Crippen LogP contribution in [0.4, 0.5) is 0 Å². The van der Waals surface area contributed by atoms with Crippen molar-refractivity contribution in [3.63, 3.8) is 0 Å². The summed E-state index contributed by atoms with van der Waals surface area (Å²) in [5.74, 6) is -1.69. The lowest BCUT2D eigenvalue weighted by molar-refractivity contribution is -0.127. The number of ketones is 1. The molecule has 0 spiro atoms. The first kappa shape index (κ1) is 27.0. The minimum Gasteiger partial charge on any atom is -0.351 e. The third kappa shape index (κ3) is 6.77. The third-order valence-corrected chi connectivity index (χ3v) is 7.03. The van der Waals surface area contributed by atoms with Crippen LogP contribution in [0.25, 0.3) is 10.9 Å². The summed E-state index contributed by atoms with van der Waals surface area (Å²) in [5, 5.41) is 16.8. The Morgan fingerprint density at radius 3 is 2.54 bits per heavy atom. The number of H-pyrrole nitrogens is 1. The smallest absolute Gasteiger partial charge is 0.224 e. The van der Waals surface area contributed by atoms with Crippen LogP contribution in [0, 0.1) is 28.6 Å². The highest BCUT2D eigenvalue weighted by molar-refractivity contribution is 6.45. The monoisotopic (exact) mass is 518 g/mol. The van der Waals surface area contributed by atoms with Crippen molar-refractivity contribution in [3.8, 4) is 6.07 Å².